The van der Waals surface area contributed by atoms with E-state index >= 15 is 0 Å². The third-order valence-corrected chi connectivity index (χ3v) is 3.61. The Balaban J connectivity index is 2.26. The molecule has 1 aliphatic rings. The van der Waals surface area contributed by atoms with Crippen LogP contribution in [0.1, 0.15) is 24.2 Å². The normalized spacial score (nSPS) is 15.4. The van der Waals surface area contributed by atoms with Crippen LogP contribution in [0.3, 0.4) is 0 Å². The molecule has 2 rings (SSSR count). The first-order valence-electron chi connectivity index (χ1n) is 6.17. The van der Waals surface area contributed by atoms with Crippen LogP contribution in [0.15, 0.2) is 18.2 Å². The van der Waals surface area contributed by atoms with Gasteiger partial charge in [-0.3, -0.25) is 10.1 Å². The van der Waals surface area contributed by atoms with Gasteiger partial charge in [-0.2, -0.15) is 0 Å². The minimum Gasteiger partial charge on any atom is -0.478 e. The summed E-state index contributed by atoms with van der Waals surface area (Å²) in [6, 6.07) is 4.06. The van der Waals surface area contributed by atoms with Crippen molar-refractivity contribution in [3.8, 4) is 0 Å². The molecule has 0 aliphatic carbocycles. The van der Waals surface area contributed by atoms with Gasteiger partial charge in [-0.1, -0.05) is 13.8 Å². The Hall–Kier alpha value is -2.11. The Labute approximate surface area is 110 Å². The number of nitro groups is 1. The van der Waals surface area contributed by atoms with Gasteiger partial charge < -0.3 is 10.0 Å². The molecule has 1 aromatic carbocycles. The van der Waals surface area contributed by atoms with Crippen molar-refractivity contribution in [1.29, 1.82) is 0 Å². The van der Waals surface area contributed by atoms with Crippen LogP contribution in [0.4, 0.5) is 11.4 Å². The molecule has 1 N–H and O–H groups in total. The van der Waals surface area contributed by atoms with Gasteiger partial charge in [0.05, 0.1) is 10.5 Å². The third kappa shape index (κ3) is 2.52. The van der Waals surface area contributed by atoms with Crippen molar-refractivity contribution in [3.05, 3.63) is 33.9 Å². The van der Waals surface area contributed by atoms with E-state index in [1.54, 1.807) is 0 Å². The van der Waals surface area contributed by atoms with Gasteiger partial charge in [-0.05, 0) is 24.0 Å². The van der Waals surface area contributed by atoms with Crippen LogP contribution in [-0.4, -0.2) is 29.1 Å². The summed E-state index contributed by atoms with van der Waals surface area (Å²) in [5.74, 6) is -0.0642. The molecule has 1 saturated heterocycles. The van der Waals surface area contributed by atoms with Gasteiger partial charge in [0.2, 0.25) is 0 Å². The molecule has 0 bridgehead atoms. The molecule has 1 aromatic rings. The smallest absolute Gasteiger partial charge is 0.335 e. The van der Waals surface area contributed by atoms with Gasteiger partial charge in [-0.25, -0.2) is 4.79 Å². The molecule has 0 unspecified atom stereocenters. The van der Waals surface area contributed by atoms with Crippen LogP contribution in [0.2, 0.25) is 0 Å². The molecule has 1 fully saturated rings. The summed E-state index contributed by atoms with van der Waals surface area (Å²) >= 11 is 0. The van der Waals surface area contributed by atoms with Crippen LogP contribution in [-0.2, 0) is 0 Å². The van der Waals surface area contributed by atoms with E-state index in [4.69, 9.17) is 5.11 Å². The van der Waals surface area contributed by atoms with Crippen LogP contribution >= 0.6 is 0 Å². The lowest BCUT2D eigenvalue weighted by atomic mass is 9.88. The van der Waals surface area contributed by atoms with Crippen molar-refractivity contribution in [2.24, 2.45) is 11.8 Å². The van der Waals surface area contributed by atoms with Crippen molar-refractivity contribution in [1.82, 2.24) is 0 Å². The Morgan fingerprint density at radius 2 is 2.11 bits per heavy atom. The number of nitro benzene ring substituents is 1. The average Bonchev–Trinajstić information content (AvgIpc) is 2.26. The fourth-order valence-corrected chi connectivity index (χ4v) is 2.20. The maximum absolute atomic E-state index is 11.0. The summed E-state index contributed by atoms with van der Waals surface area (Å²) < 4.78 is 0. The maximum atomic E-state index is 11.0. The van der Waals surface area contributed by atoms with E-state index in [2.05, 4.69) is 13.8 Å². The first kappa shape index (κ1) is 13.3. The van der Waals surface area contributed by atoms with Gasteiger partial charge >= 0.3 is 5.97 Å². The minimum atomic E-state index is -1.15. The van der Waals surface area contributed by atoms with Gasteiger partial charge in [0.25, 0.3) is 5.69 Å². The molecule has 0 aromatic heterocycles. The molecule has 0 spiro atoms. The number of hydrogen-bond donors (Lipinski definition) is 1. The largest absolute Gasteiger partial charge is 0.478 e. The van der Waals surface area contributed by atoms with Crippen molar-refractivity contribution >= 4 is 17.3 Å². The first-order valence-corrected chi connectivity index (χ1v) is 6.17. The van der Waals surface area contributed by atoms with Crippen LogP contribution in [0.5, 0.6) is 0 Å². The predicted octanol–water partition coefficient (Wildman–Crippen LogP) is 2.39. The highest BCUT2D eigenvalue weighted by Crippen LogP contribution is 2.35. The van der Waals surface area contributed by atoms with E-state index in [0.717, 1.165) is 19.2 Å². The number of hydrogen-bond acceptors (Lipinski definition) is 4. The summed E-state index contributed by atoms with van der Waals surface area (Å²) in [4.78, 5) is 23.3. The Morgan fingerprint density at radius 3 is 2.58 bits per heavy atom. The molecule has 102 valence electrons. The molecule has 1 heterocycles. The number of carbonyl (C=O) groups is 1. The number of benzene rings is 1. The Kier molecular flexibility index (Phi) is 3.42. The zero-order valence-corrected chi connectivity index (χ0v) is 10.9. The maximum Gasteiger partial charge on any atom is 0.335 e. The molecule has 0 atom stereocenters. The number of carboxylic acid groups (broad SMARTS) is 1. The van der Waals surface area contributed by atoms with E-state index in [9.17, 15) is 14.9 Å². The molecule has 6 heteroatoms. The summed E-state index contributed by atoms with van der Waals surface area (Å²) in [6.07, 6.45) is 0. The fourth-order valence-electron chi connectivity index (χ4n) is 2.20. The van der Waals surface area contributed by atoms with Crippen LogP contribution in [0.25, 0.3) is 0 Å². The number of nitrogens with zero attached hydrogens (tertiary/aromatic N) is 2. The Morgan fingerprint density at radius 1 is 1.47 bits per heavy atom. The molecular formula is C13H16N2O4. The van der Waals surface area contributed by atoms with Crippen LogP contribution < -0.4 is 4.90 Å². The van der Waals surface area contributed by atoms with Crippen molar-refractivity contribution in [2.75, 3.05) is 18.0 Å². The molecule has 0 radical (unpaired) electrons. The van der Waals surface area contributed by atoms with Crippen LogP contribution in [0, 0.1) is 22.0 Å². The van der Waals surface area contributed by atoms with E-state index < -0.39 is 10.9 Å². The van der Waals surface area contributed by atoms with Crippen molar-refractivity contribution in [3.63, 3.8) is 0 Å². The van der Waals surface area contributed by atoms with Gasteiger partial charge in [0.1, 0.15) is 5.69 Å². The molecule has 6 nitrogen and oxygen atoms in total. The molecule has 0 amide bonds. The van der Waals surface area contributed by atoms with Crippen molar-refractivity contribution in [2.45, 2.75) is 13.8 Å². The number of anilines is 1. The predicted molar refractivity (Wildman–Crippen MR) is 70.6 cm³/mol. The third-order valence-electron chi connectivity index (χ3n) is 3.61. The summed E-state index contributed by atoms with van der Waals surface area (Å²) in [7, 11) is 0. The lowest BCUT2D eigenvalue weighted by Crippen LogP contribution is -2.49. The SMILES string of the molecule is CC(C)C1CN(c2ccc(C(=O)O)cc2[N+](=O)[O-])C1. The Bertz CT molecular complexity index is 521. The second kappa shape index (κ2) is 4.87. The van der Waals surface area contributed by atoms with Gasteiger partial charge in [-0.15, -0.1) is 0 Å². The fraction of sp³-hybridized carbons (Fsp3) is 0.462. The van der Waals surface area contributed by atoms with Gasteiger partial charge in [0.15, 0.2) is 0 Å². The molecule has 19 heavy (non-hydrogen) atoms. The zero-order valence-electron chi connectivity index (χ0n) is 10.9. The molecule has 1 aliphatic heterocycles. The second-order valence-electron chi connectivity index (χ2n) is 5.17. The second-order valence-corrected chi connectivity index (χ2v) is 5.17. The number of rotatable bonds is 4. The number of carboxylic acids is 1. The highest BCUT2D eigenvalue weighted by atomic mass is 16.6. The van der Waals surface area contributed by atoms with E-state index in [1.165, 1.54) is 12.1 Å². The monoisotopic (exact) mass is 264 g/mol. The quantitative estimate of drug-likeness (QED) is 0.666. The lowest BCUT2D eigenvalue weighted by Gasteiger charge is -2.42. The topological polar surface area (TPSA) is 83.7 Å². The lowest BCUT2D eigenvalue weighted by molar-refractivity contribution is -0.384. The minimum absolute atomic E-state index is 0.0589. The zero-order chi connectivity index (χ0) is 14.2. The van der Waals surface area contributed by atoms with E-state index in [0.29, 0.717) is 17.5 Å². The first-order chi connectivity index (χ1) is 8.90. The average molecular weight is 264 g/mol. The molecular weight excluding hydrogens is 248 g/mol. The molecule has 0 saturated carbocycles. The highest BCUT2D eigenvalue weighted by molar-refractivity contribution is 5.90. The van der Waals surface area contributed by atoms with E-state index in [-0.39, 0.29) is 11.3 Å². The summed E-state index contributed by atoms with van der Waals surface area (Å²) in [5, 5.41) is 19.9. The van der Waals surface area contributed by atoms with E-state index in [1.807, 2.05) is 4.90 Å². The summed E-state index contributed by atoms with van der Waals surface area (Å²) in [5.41, 5.74) is 0.311. The standard InChI is InChI=1S/C13H16N2O4/c1-8(2)10-6-14(7-10)11-4-3-9(13(16)17)5-12(11)15(18)19/h3-5,8,10H,6-7H2,1-2H3,(H,16,17). The number of aromatic carboxylic acids is 1. The summed E-state index contributed by atoms with van der Waals surface area (Å²) in [6.45, 7) is 5.82. The van der Waals surface area contributed by atoms with Gasteiger partial charge in [0, 0.05) is 19.2 Å². The highest BCUT2D eigenvalue weighted by Gasteiger charge is 2.33. The van der Waals surface area contributed by atoms with Crippen molar-refractivity contribution < 1.29 is 14.8 Å².